The number of ether oxygens (including phenoxy) is 2. The first-order valence-corrected chi connectivity index (χ1v) is 10.8. The Balaban J connectivity index is 1.73. The quantitative estimate of drug-likeness (QED) is 0.709. The fraction of sp³-hybridized carbons (Fsp3) is 0.417. The highest BCUT2D eigenvalue weighted by molar-refractivity contribution is 6.38. The Labute approximate surface area is 187 Å². The number of aromatic nitrogens is 1. The number of carbonyl (C=O) groups excluding carboxylic acids is 3. The second kappa shape index (κ2) is 12.1. The SMILES string of the molecule is CC(NC(=O)C(=O)C1CCCCOCCOCc2ccccc2C(=O)N1)c1cccnc1. The van der Waals surface area contributed by atoms with Gasteiger partial charge in [-0.25, -0.2) is 0 Å². The summed E-state index contributed by atoms with van der Waals surface area (Å²) in [5.41, 5.74) is 1.92. The minimum absolute atomic E-state index is 0.259. The normalized spacial score (nSPS) is 19.0. The van der Waals surface area contributed by atoms with Crippen LogP contribution in [0.25, 0.3) is 0 Å². The lowest BCUT2D eigenvalue weighted by Crippen LogP contribution is -2.48. The summed E-state index contributed by atoms with van der Waals surface area (Å²) in [6.45, 7) is 3.47. The smallest absolute Gasteiger partial charge is 0.290 e. The lowest BCUT2D eigenvalue weighted by molar-refractivity contribution is -0.139. The van der Waals surface area contributed by atoms with E-state index in [0.717, 1.165) is 5.56 Å². The number of pyridine rings is 1. The second-order valence-corrected chi connectivity index (χ2v) is 7.69. The first-order valence-electron chi connectivity index (χ1n) is 10.8. The van der Waals surface area contributed by atoms with Crippen LogP contribution >= 0.6 is 0 Å². The van der Waals surface area contributed by atoms with Gasteiger partial charge in [-0.3, -0.25) is 19.4 Å². The Morgan fingerprint density at radius 2 is 1.91 bits per heavy atom. The van der Waals surface area contributed by atoms with Crippen molar-refractivity contribution in [2.75, 3.05) is 19.8 Å². The van der Waals surface area contributed by atoms with Crippen LogP contribution in [0.3, 0.4) is 0 Å². The van der Waals surface area contributed by atoms with Crippen LogP contribution < -0.4 is 10.6 Å². The van der Waals surface area contributed by atoms with Gasteiger partial charge in [0.1, 0.15) is 0 Å². The van der Waals surface area contributed by atoms with Crippen molar-refractivity contribution in [3.63, 3.8) is 0 Å². The molecular weight excluding hydrogens is 410 g/mol. The van der Waals surface area contributed by atoms with Gasteiger partial charge in [-0.2, -0.15) is 0 Å². The number of hydrogen-bond acceptors (Lipinski definition) is 6. The summed E-state index contributed by atoms with van der Waals surface area (Å²) in [6.07, 6.45) is 4.97. The van der Waals surface area contributed by atoms with Crippen molar-refractivity contribution in [1.29, 1.82) is 0 Å². The molecule has 3 rings (SSSR count). The Morgan fingerprint density at radius 3 is 2.72 bits per heavy atom. The van der Waals surface area contributed by atoms with E-state index in [1.165, 1.54) is 0 Å². The van der Waals surface area contributed by atoms with Crippen LogP contribution in [-0.2, 0) is 25.7 Å². The van der Waals surface area contributed by atoms with Gasteiger partial charge < -0.3 is 20.1 Å². The van der Waals surface area contributed by atoms with E-state index < -0.39 is 23.6 Å². The third-order valence-electron chi connectivity index (χ3n) is 5.30. The molecule has 1 aliphatic heterocycles. The number of rotatable bonds is 4. The molecule has 1 aromatic heterocycles. The largest absolute Gasteiger partial charge is 0.379 e. The van der Waals surface area contributed by atoms with E-state index in [4.69, 9.17) is 9.47 Å². The number of carbonyl (C=O) groups is 3. The van der Waals surface area contributed by atoms with E-state index in [1.54, 1.807) is 43.6 Å². The average Bonchev–Trinajstić information content (AvgIpc) is 2.82. The Morgan fingerprint density at radius 1 is 1.09 bits per heavy atom. The fourth-order valence-electron chi connectivity index (χ4n) is 3.47. The number of benzene rings is 1. The topological polar surface area (TPSA) is 107 Å². The van der Waals surface area contributed by atoms with Gasteiger partial charge in [-0.05, 0) is 49.4 Å². The van der Waals surface area contributed by atoms with E-state index >= 15 is 0 Å². The molecule has 0 saturated heterocycles. The summed E-state index contributed by atoms with van der Waals surface area (Å²) in [4.78, 5) is 42.7. The van der Waals surface area contributed by atoms with Crippen LogP contribution in [0.1, 0.15) is 53.7 Å². The number of ketones is 1. The van der Waals surface area contributed by atoms with Crippen molar-refractivity contribution >= 4 is 17.6 Å². The molecule has 2 aromatic rings. The van der Waals surface area contributed by atoms with Crippen LogP contribution in [0.15, 0.2) is 48.8 Å². The molecule has 2 unspecified atom stereocenters. The number of fused-ring (bicyclic) bond motifs is 1. The lowest BCUT2D eigenvalue weighted by atomic mass is 10.0. The summed E-state index contributed by atoms with van der Waals surface area (Å²) in [7, 11) is 0. The predicted octanol–water partition coefficient (Wildman–Crippen LogP) is 2.34. The highest BCUT2D eigenvalue weighted by atomic mass is 16.5. The monoisotopic (exact) mass is 439 g/mol. The van der Waals surface area contributed by atoms with Crippen LogP contribution in [0, 0.1) is 0 Å². The van der Waals surface area contributed by atoms with Crippen molar-refractivity contribution in [1.82, 2.24) is 15.6 Å². The van der Waals surface area contributed by atoms with Gasteiger partial charge in [0.05, 0.1) is 31.9 Å². The number of hydrogen-bond donors (Lipinski definition) is 2. The first kappa shape index (κ1) is 23.6. The number of amides is 2. The predicted molar refractivity (Wildman–Crippen MR) is 118 cm³/mol. The molecule has 2 heterocycles. The van der Waals surface area contributed by atoms with Crippen LogP contribution in [0.2, 0.25) is 0 Å². The van der Waals surface area contributed by atoms with E-state index in [-0.39, 0.29) is 12.6 Å². The summed E-state index contributed by atoms with van der Waals surface area (Å²) >= 11 is 0. The van der Waals surface area contributed by atoms with Gasteiger partial charge in [-0.1, -0.05) is 24.3 Å². The molecule has 2 N–H and O–H groups in total. The molecule has 0 saturated carbocycles. The van der Waals surface area contributed by atoms with E-state index in [1.807, 2.05) is 12.1 Å². The highest BCUT2D eigenvalue weighted by Gasteiger charge is 2.28. The maximum absolute atomic E-state index is 13.0. The van der Waals surface area contributed by atoms with Gasteiger partial charge in [0, 0.05) is 24.6 Å². The number of nitrogens with zero attached hydrogens (tertiary/aromatic N) is 1. The number of Topliss-reactive ketones (excluding diaryl/α,β-unsaturated/α-hetero) is 1. The molecule has 0 bridgehead atoms. The van der Waals surface area contributed by atoms with Gasteiger partial charge in [-0.15, -0.1) is 0 Å². The summed E-state index contributed by atoms with van der Waals surface area (Å²) in [6, 6.07) is 9.34. The standard InChI is InChI=1S/C24H29N3O5/c1-17(18-8-6-11-25-15-18)26-24(30)22(28)21-10-4-5-12-31-13-14-32-16-19-7-2-3-9-20(19)23(29)27-21/h2-3,6-9,11,15,17,21H,4-5,10,12-14,16H2,1H3,(H,26,30)(H,27,29). The molecule has 0 aliphatic carbocycles. The van der Waals surface area contributed by atoms with Crippen molar-refractivity contribution in [3.05, 3.63) is 65.5 Å². The van der Waals surface area contributed by atoms with Crippen molar-refractivity contribution in [2.24, 2.45) is 0 Å². The molecule has 8 nitrogen and oxygen atoms in total. The van der Waals surface area contributed by atoms with E-state index in [0.29, 0.717) is 50.2 Å². The zero-order valence-corrected chi connectivity index (χ0v) is 18.2. The summed E-state index contributed by atoms with van der Waals surface area (Å²) in [5.74, 6) is -1.81. The third kappa shape index (κ3) is 6.70. The second-order valence-electron chi connectivity index (χ2n) is 7.69. The minimum Gasteiger partial charge on any atom is -0.379 e. The molecule has 2 amide bonds. The zero-order valence-electron chi connectivity index (χ0n) is 18.2. The minimum atomic E-state index is -0.930. The van der Waals surface area contributed by atoms with E-state index in [9.17, 15) is 14.4 Å². The Kier molecular flexibility index (Phi) is 8.89. The molecular formula is C24H29N3O5. The maximum Gasteiger partial charge on any atom is 0.290 e. The number of nitrogens with one attached hydrogen (secondary N) is 2. The molecule has 0 spiro atoms. The summed E-state index contributed by atoms with van der Waals surface area (Å²) < 4.78 is 11.2. The molecule has 170 valence electrons. The van der Waals surface area contributed by atoms with Gasteiger partial charge in [0.15, 0.2) is 0 Å². The van der Waals surface area contributed by atoms with E-state index in [2.05, 4.69) is 15.6 Å². The van der Waals surface area contributed by atoms with Crippen LogP contribution in [0.4, 0.5) is 0 Å². The van der Waals surface area contributed by atoms with Crippen LogP contribution in [-0.4, -0.2) is 48.4 Å². The van der Waals surface area contributed by atoms with Crippen molar-refractivity contribution < 1.29 is 23.9 Å². The zero-order chi connectivity index (χ0) is 22.8. The molecule has 8 heteroatoms. The van der Waals surface area contributed by atoms with Crippen molar-refractivity contribution in [3.8, 4) is 0 Å². The molecule has 2 atom stereocenters. The first-order chi connectivity index (χ1) is 15.6. The van der Waals surface area contributed by atoms with Crippen molar-refractivity contribution in [2.45, 2.75) is 44.9 Å². The molecule has 1 aromatic carbocycles. The van der Waals surface area contributed by atoms with Gasteiger partial charge in [0.2, 0.25) is 5.78 Å². The molecule has 32 heavy (non-hydrogen) atoms. The highest BCUT2D eigenvalue weighted by Crippen LogP contribution is 2.14. The molecule has 1 aliphatic rings. The van der Waals surface area contributed by atoms with Crippen LogP contribution in [0.5, 0.6) is 0 Å². The maximum atomic E-state index is 13.0. The Bertz CT molecular complexity index is 919. The summed E-state index contributed by atoms with van der Waals surface area (Å²) in [5, 5.41) is 5.47. The molecule has 0 radical (unpaired) electrons. The average molecular weight is 440 g/mol. The fourth-order valence-corrected chi connectivity index (χ4v) is 3.47. The van der Waals surface area contributed by atoms with Gasteiger partial charge in [0.25, 0.3) is 11.8 Å². The third-order valence-corrected chi connectivity index (χ3v) is 5.30. The molecule has 0 fully saturated rings. The van der Waals surface area contributed by atoms with Gasteiger partial charge >= 0.3 is 0 Å². The Hall–Kier alpha value is -3.10. The lowest BCUT2D eigenvalue weighted by Gasteiger charge is -2.20.